The Morgan fingerprint density at radius 2 is 1.68 bits per heavy atom. The summed E-state index contributed by atoms with van der Waals surface area (Å²) in [5, 5.41) is 1.79. The van der Waals surface area contributed by atoms with Gasteiger partial charge in [-0.1, -0.05) is 36.4 Å². The Morgan fingerprint density at radius 3 is 2.44 bits per heavy atom. The maximum atomic E-state index is 13.2. The number of hydrogen-bond donors (Lipinski definition) is 0. The Kier molecular flexibility index (Phi) is 4.49. The second-order valence-electron chi connectivity index (χ2n) is 8.92. The molecule has 0 saturated heterocycles. The van der Waals surface area contributed by atoms with Gasteiger partial charge in [0.1, 0.15) is 0 Å². The summed E-state index contributed by atoms with van der Waals surface area (Å²) < 4.78 is 14.6. The summed E-state index contributed by atoms with van der Waals surface area (Å²) in [4.78, 5) is 37.6. The molecule has 0 amide bonds. The molecule has 0 spiro atoms. The van der Waals surface area contributed by atoms with Crippen LogP contribution in [0.5, 0.6) is 0 Å². The summed E-state index contributed by atoms with van der Waals surface area (Å²) in [6, 6.07) is 15.7. The zero-order valence-electron chi connectivity index (χ0n) is 18.8. The van der Waals surface area contributed by atoms with Crippen molar-refractivity contribution >= 4 is 50.9 Å². The Balaban J connectivity index is 1.60. The van der Waals surface area contributed by atoms with E-state index in [0.29, 0.717) is 36.3 Å². The van der Waals surface area contributed by atoms with Crippen LogP contribution >= 0.6 is 0 Å². The molecule has 1 unspecified atom stereocenters. The van der Waals surface area contributed by atoms with Crippen LogP contribution in [0.2, 0.25) is 0 Å². The molecule has 0 aliphatic carbocycles. The minimum Gasteiger partial charge on any atom is -0.465 e. The minimum absolute atomic E-state index is 0.0944. The number of esters is 3. The van der Waals surface area contributed by atoms with E-state index < -0.39 is 11.9 Å². The van der Waals surface area contributed by atoms with Gasteiger partial charge in [-0.15, -0.1) is 0 Å². The first kappa shape index (κ1) is 20.5. The van der Waals surface area contributed by atoms with Crippen LogP contribution in [0.15, 0.2) is 54.7 Å². The van der Waals surface area contributed by atoms with Gasteiger partial charge in [0.15, 0.2) is 0 Å². The summed E-state index contributed by atoms with van der Waals surface area (Å²) in [6.07, 6.45) is 2.51. The van der Waals surface area contributed by atoms with Crippen LogP contribution in [0.1, 0.15) is 23.7 Å². The van der Waals surface area contributed by atoms with Crippen molar-refractivity contribution in [1.82, 2.24) is 9.13 Å². The van der Waals surface area contributed by atoms with E-state index in [1.165, 1.54) is 6.92 Å². The number of cyclic esters (lactones) is 2. The molecule has 4 heterocycles. The predicted octanol–water partition coefficient (Wildman–Crippen LogP) is 3.86. The summed E-state index contributed by atoms with van der Waals surface area (Å²) in [5.74, 6) is -1.48. The van der Waals surface area contributed by atoms with Crippen molar-refractivity contribution < 1.29 is 23.9 Å². The number of ether oxygens (including phenoxy) is 2. The molecule has 6 rings (SSSR count). The van der Waals surface area contributed by atoms with Crippen molar-refractivity contribution in [2.24, 2.45) is 13.0 Å². The van der Waals surface area contributed by atoms with Crippen LogP contribution in [0.25, 0.3) is 33.0 Å². The highest BCUT2D eigenvalue weighted by Crippen LogP contribution is 2.44. The van der Waals surface area contributed by atoms with Crippen LogP contribution in [0.3, 0.4) is 0 Å². The molecule has 0 radical (unpaired) electrons. The average molecular weight is 454 g/mol. The number of carbonyl (C=O) groups excluding carboxylic acids is 3. The number of para-hydroxylation sites is 2. The van der Waals surface area contributed by atoms with E-state index >= 15 is 0 Å². The first-order chi connectivity index (χ1) is 16.4. The number of aryl methyl sites for hydroxylation is 1. The monoisotopic (exact) mass is 454 g/mol. The van der Waals surface area contributed by atoms with E-state index in [-0.39, 0.29) is 11.9 Å². The highest BCUT2D eigenvalue weighted by molar-refractivity contribution is 6.47. The first-order valence-corrected chi connectivity index (χ1v) is 11.2. The molecule has 0 bridgehead atoms. The number of carbonyl (C=O) groups is 3. The number of nitrogens with zero attached hydrogens (tertiary/aromatic N) is 2. The number of benzene rings is 2. The van der Waals surface area contributed by atoms with Crippen LogP contribution in [0.4, 0.5) is 0 Å². The van der Waals surface area contributed by atoms with E-state index in [2.05, 4.69) is 4.57 Å². The van der Waals surface area contributed by atoms with Crippen LogP contribution in [0, 0.1) is 5.92 Å². The van der Waals surface area contributed by atoms with Crippen molar-refractivity contribution in [1.29, 1.82) is 0 Å². The van der Waals surface area contributed by atoms with Gasteiger partial charge in [-0.3, -0.25) is 4.79 Å². The Bertz CT molecular complexity index is 1570. The largest absolute Gasteiger partial charge is 0.465 e. The summed E-state index contributed by atoms with van der Waals surface area (Å²) >= 11 is 0. The highest BCUT2D eigenvalue weighted by Gasteiger charge is 2.40. The van der Waals surface area contributed by atoms with Crippen molar-refractivity contribution in [2.75, 3.05) is 6.61 Å². The molecular formula is C27H22N2O5. The van der Waals surface area contributed by atoms with Gasteiger partial charge in [0.2, 0.25) is 0 Å². The molecule has 1 atom stereocenters. The molecule has 2 aliphatic heterocycles. The molecule has 2 aliphatic rings. The number of rotatable bonds is 4. The van der Waals surface area contributed by atoms with E-state index in [1.54, 1.807) is 0 Å². The van der Waals surface area contributed by atoms with Crippen molar-refractivity contribution in [3.63, 3.8) is 0 Å². The third kappa shape index (κ3) is 2.93. The van der Waals surface area contributed by atoms with Gasteiger partial charge in [-0.25, -0.2) is 9.59 Å². The predicted molar refractivity (Wildman–Crippen MR) is 127 cm³/mol. The smallest absolute Gasteiger partial charge is 0.347 e. The van der Waals surface area contributed by atoms with Crippen LogP contribution in [-0.4, -0.2) is 33.6 Å². The lowest BCUT2D eigenvalue weighted by atomic mass is 9.92. The molecule has 0 N–H and O–H groups in total. The van der Waals surface area contributed by atoms with Crippen LogP contribution < -0.4 is 0 Å². The lowest BCUT2D eigenvalue weighted by Gasteiger charge is -2.10. The van der Waals surface area contributed by atoms with E-state index in [9.17, 15) is 14.4 Å². The molecule has 170 valence electrons. The normalized spacial score (nSPS) is 17.6. The maximum absolute atomic E-state index is 13.2. The molecule has 2 aromatic carbocycles. The maximum Gasteiger partial charge on any atom is 0.347 e. The molecule has 7 nitrogen and oxygen atoms in total. The Morgan fingerprint density at radius 1 is 1.00 bits per heavy atom. The molecule has 2 aromatic heterocycles. The summed E-state index contributed by atoms with van der Waals surface area (Å²) in [5.41, 5.74) is 4.92. The highest BCUT2D eigenvalue weighted by atomic mass is 16.6. The molecule has 0 saturated carbocycles. The second-order valence-corrected chi connectivity index (χ2v) is 8.92. The zero-order chi connectivity index (χ0) is 23.6. The SMILES string of the molecule is CC(=O)OCC1Cc2c(C3=C(c4cn(C)c5ccccc45)C(=O)OC3=O)c3ccccc3n2C1. The van der Waals surface area contributed by atoms with Gasteiger partial charge in [-0.05, 0) is 18.6 Å². The van der Waals surface area contributed by atoms with Gasteiger partial charge >= 0.3 is 17.9 Å². The van der Waals surface area contributed by atoms with Crippen molar-refractivity contribution in [3.05, 3.63) is 71.5 Å². The molecule has 0 fully saturated rings. The third-order valence-electron chi connectivity index (χ3n) is 6.78. The summed E-state index contributed by atoms with van der Waals surface area (Å²) in [7, 11) is 1.92. The lowest BCUT2D eigenvalue weighted by molar-refractivity contribution is -0.149. The lowest BCUT2D eigenvalue weighted by Crippen LogP contribution is -2.13. The van der Waals surface area contributed by atoms with Crippen LogP contribution in [-0.2, 0) is 43.9 Å². The number of aromatic nitrogens is 2. The number of hydrogen-bond acceptors (Lipinski definition) is 5. The summed E-state index contributed by atoms with van der Waals surface area (Å²) in [6.45, 7) is 2.38. The Hall–Kier alpha value is -4.13. The van der Waals surface area contributed by atoms with Gasteiger partial charge < -0.3 is 18.6 Å². The van der Waals surface area contributed by atoms with E-state index in [0.717, 1.165) is 33.1 Å². The topological polar surface area (TPSA) is 79.5 Å². The standard InChI is InChI=1S/C27H22N2O5/c1-15(30)33-14-16-11-22-23(18-8-4-6-10-21(18)29(22)12-16)25-24(26(31)34-27(25)32)19-13-28(2)20-9-5-3-7-17(19)20/h3-10,13,16H,11-12,14H2,1-2H3. The van der Waals surface area contributed by atoms with Gasteiger partial charge in [-0.2, -0.15) is 0 Å². The van der Waals surface area contributed by atoms with E-state index in [4.69, 9.17) is 9.47 Å². The van der Waals surface area contributed by atoms with Gasteiger partial charge in [0.25, 0.3) is 0 Å². The van der Waals surface area contributed by atoms with Crippen molar-refractivity contribution in [2.45, 2.75) is 19.9 Å². The molecule has 7 heteroatoms. The molecular weight excluding hydrogens is 432 g/mol. The van der Waals surface area contributed by atoms with Crippen molar-refractivity contribution in [3.8, 4) is 0 Å². The zero-order valence-corrected chi connectivity index (χ0v) is 18.8. The average Bonchev–Trinajstić information content (AvgIpc) is 3.53. The van der Waals surface area contributed by atoms with Gasteiger partial charge in [0.05, 0.1) is 17.8 Å². The molecule has 34 heavy (non-hydrogen) atoms. The fourth-order valence-electron chi connectivity index (χ4n) is 5.40. The molecule has 4 aromatic rings. The number of fused-ring (bicyclic) bond motifs is 4. The first-order valence-electron chi connectivity index (χ1n) is 11.2. The quantitative estimate of drug-likeness (QED) is 0.346. The Labute approximate surface area is 195 Å². The third-order valence-corrected chi connectivity index (χ3v) is 6.78. The van der Waals surface area contributed by atoms with E-state index in [1.807, 2.05) is 66.3 Å². The fourth-order valence-corrected chi connectivity index (χ4v) is 5.40. The van der Waals surface area contributed by atoms with Gasteiger partial charge in [0, 0.05) is 71.3 Å². The minimum atomic E-state index is -0.630. The fraction of sp³-hybridized carbons (Fsp3) is 0.222. The second kappa shape index (κ2) is 7.45.